The molecule has 2 atom stereocenters. The third-order valence-corrected chi connectivity index (χ3v) is 5.12. The Hall–Kier alpha value is -2.62. The number of hydrogen-bond acceptors (Lipinski definition) is 6. The topological polar surface area (TPSA) is 101 Å². The summed E-state index contributed by atoms with van der Waals surface area (Å²) in [6.07, 6.45) is 0.563. The molecule has 0 aliphatic carbocycles. The van der Waals surface area contributed by atoms with Crippen LogP contribution in [0.3, 0.4) is 0 Å². The maximum atomic E-state index is 12.4. The fraction of sp³-hybridized carbons (Fsp3) is 0.263. The molecule has 2 heterocycles. The van der Waals surface area contributed by atoms with Crippen molar-refractivity contribution in [1.82, 2.24) is 21.7 Å². The maximum absolute atomic E-state index is 12.4. The molecular formula is C19H19BrN4O4. The molecule has 0 bridgehead atoms. The van der Waals surface area contributed by atoms with Crippen molar-refractivity contribution in [3.05, 3.63) is 58.1 Å². The predicted molar refractivity (Wildman–Crippen MR) is 105 cm³/mol. The number of carbonyl (C=O) groups is 2. The molecule has 4 N–H and O–H groups in total. The lowest BCUT2D eigenvalue weighted by atomic mass is 10.0. The highest BCUT2D eigenvalue weighted by atomic mass is 79.9. The molecule has 0 aromatic heterocycles. The van der Waals surface area contributed by atoms with Gasteiger partial charge < -0.3 is 9.47 Å². The van der Waals surface area contributed by atoms with Crippen LogP contribution in [0.1, 0.15) is 28.4 Å². The summed E-state index contributed by atoms with van der Waals surface area (Å²) < 4.78 is 11.9. The van der Waals surface area contributed by atoms with Gasteiger partial charge in [0.05, 0.1) is 0 Å². The highest BCUT2D eigenvalue weighted by molar-refractivity contribution is 9.10. The highest BCUT2D eigenvalue weighted by Crippen LogP contribution is 2.30. The van der Waals surface area contributed by atoms with Gasteiger partial charge in [-0.3, -0.25) is 20.4 Å². The van der Waals surface area contributed by atoms with Crippen molar-refractivity contribution < 1.29 is 19.1 Å². The molecule has 2 aliphatic rings. The molecule has 2 amide bonds. The van der Waals surface area contributed by atoms with Gasteiger partial charge in [-0.2, -0.15) is 0 Å². The first-order valence-electron chi connectivity index (χ1n) is 8.86. The fourth-order valence-electron chi connectivity index (χ4n) is 3.10. The van der Waals surface area contributed by atoms with Crippen molar-refractivity contribution >= 4 is 27.7 Å². The minimum Gasteiger partial charge on any atom is -0.486 e. The van der Waals surface area contributed by atoms with Gasteiger partial charge >= 0.3 is 0 Å². The van der Waals surface area contributed by atoms with E-state index in [1.807, 2.05) is 24.3 Å². The molecule has 2 aromatic rings. The zero-order valence-electron chi connectivity index (χ0n) is 14.8. The number of halogens is 1. The normalized spacial score (nSPS) is 20.5. The van der Waals surface area contributed by atoms with E-state index in [1.165, 1.54) is 0 Å². The van der Waals surface area contributed by atoms with Crippen LogP contribution in [0.4, 0.5) is 0 Å². The molecule has 146 valence electrons. The van der Waals surface area contributed by atoms with E-state index in [0.717, 1.165) is 10.0 Å². The van der Waals surface area contributed by atoms with Crippen LogP contribution in [0.25, 0.3) is 0 Å². The summed E-state index contributed by atoms with van der Waals surface area (Å²) in [6.45, 7) is 0.924. The van der Waals surface area contributed by atoms with Crippen molar-refractivity contribution in [2.75, 3.05) is 13.2 Å². The fourth-order valence-corrected chi connectivity index (χ4v) is 3.37. The van der Waals surface area contributed by atoms with Gasteiger partial charge in [0, 0.05) is 16.1 Å². The van der Waals surface area contributed by atoms with Crippen LogP contribution in [0, 0.1) is 0 Å². The largest absolute Gasteiger partial charge is 0.486 e. The van der Waals surface area contributed by atoms with Crippen LogP contribution in [-0.2, 0) is 4.79 Å². The average Bonchev–Trinajstić information content (AvgIpc) is 3.22. The number of fused-ring (bicyclic) bond motifs is 1. The molecular weight excluding hydrogens is 428 g/mol. The Labute approximate surface area is 170 Å². The lowest BCUT2D eigenvalue weighted by Gasteiger charge is -2.18. The van der Waals surface area contributed by atoms with Gasteiger partial charge in [-0.05, 0) is 42.3 Å². The quantitative estimate of drug-likeness (QED) is 0.534. The molecule has 4 rings (SSSR count). The van der Waals surface area contributed by atoms with Crippen LogP contribution in [-0.4, -0.2) is 31.1 Å². The third kappa shape index (κ3) is 4.11. The first-order valence-corrected chi connectivity index (χ1v) is 9.66. The number of ether oxygens (including phenoxy) is 2. The SMILES string of the molecule is O=C(NNC(=O)C1CC(c2ccc(Br)cc2)NN1)c1ccc2c(c1)OCCO2. The Balaban J connectivity index is 1.31. The van der Waals surface area contributed by atoms with E-state index in [2.05, 4.69) is 37.6 Å². The molecule has 2 unspecified atom stereocenters. The number of hydrogen-bond donors (Lipinski definition) is 4. The second-order valence-electron chi connectivity index (χ2n) is 6.48. The predicted octanol–water partition coefficient (Wildman–Crippen LogP) is 1.59. The summed E-state index contributed by atoms with van der Waals surface area (Å²) in [5, 5.41) is 0. The number of rotatable bonds is 3. The summed E-state index contributed by atoms with van der Waals surface area (Å²) in [7, 11) is 0. The number of benzene rings is 2. The Bertz CT molecular complexity index is 890. The highest BCUT2D eigenvalue weighted by Gasteiger charge is 2.30. The van der Waals surface area contributed by atoms with Crippen LogP contribution in [0.2, 0.25) is 0 Å². The lowest BCUT2D eigenvalue weighted by Crippen LogP contribution is -2.50. The van der Waals surface area contributed by atoms with E-state index in [1.54, 1.807) is 18.2 Å². The third-order valence-electron chi connectivity index (χ3n) is 4.60. The first-order chi connectivity index (χ1) is 13.6. The minimum atomic E-state index is -0.464. The molecule has 2 aromatic carbocycles. The summed E-state index contributed by atoms with van der Waals surface area (Å²) in [5.74, 6) is 0.370. The van der Waals surface area contributed by atoms with Crippen molar-refractivity contribution in [2.45, 2.75) is 18.5 Å². The molecule has 1 saturated heterocycles. The van der Waals surface area contributed by atoms with Gasteiger partial charge in [-0.1, -0.05) is 28.1 Å². The van der Waals surface area contributed by atoms with Crippen LogP contribution < -0.4 is 31.2 Å². The van der Waals surface area contributed by atoms with E-state index in [4.69, 9.17) is 9.47 Å². The summed E-state index contributed by atoms with van der Waals surface area (Å²) in [5.41, 5.74) is 12.4. The molecule has 0 saturated carbocycles. The molecule has 9 heteroatoms. The number of hydrazine groups is 2. The van der Waals surface area contributed by atoms with Crippen molar-refractivity contribution in [3.63, 3.8) is 0 Å². The van der Waals surface area contributed by atoms with Crippen LogP contribution >= 0.6 is 15.9 Å². The standard InChI is InChI=1S/C19H19BrN4O4/c20-13-4-1-11(2-5-13)14-10-15(22-21-14)19(26)24-23-18(25)12-3-6-16-17(9-12)28-8-7-27-16/h1-6,9,14-15,21-22H,7-8,10H2,(H,23,25)(H,24,26). The Morgan fingerprint density at radius 2 is 1.71 bits per heavy atom. The van der Waals surface area contributed by atoms with E-state index >= 15 is 0 Å². The molecule has 0 spiro atoms. The van der Waals surface area contributed by atoms with E-state index < -0.39 is 11.9 Å². The monoisotopic (exact) mass is 446 g/mol. The van der Waals surface area contributed by atoms with Crippen LogP contribution in [0.5, 0.6) is 11.5 Å². The lowest BCUT2D eigenvalue weighted by molar-refractivity contribution is -0.123. The second kappa shape index (κ2) is 8.17. The van der Waals surface area contributed by atoms with Gasteiger partial charge in [0.25, 0.3) is 11.8 Å². The van der Waals surface area contributed by atoms with Gasteiger partial charge in [0.15, 0.2) is 11.5 Å². The van der Waals surface area contributed by atoms with Gasteiger partial charge in [0.2, 0.25) is 0 Å². The number of carbonyl (C=O) groups excluding carboxylic acids is 2. The first kappa shape index (κ1) is 18.7. The van der Waals surface area contributed by atoms with E-state index in [9.17, 15) is 9.59 Å². The van der Waals surface area contributed by atoms with Crippen molar-refractivity contribution in [3.8, 4) is 11.5 Å². The summed E-state index contributed by atoms with van der Waals surface area (Å²) in [6, 6.07) is 12.3. The zero-order valence-corrected chi connectivity index (χ0v) is 16.4. The zero-order chi connectivity index (χ0) is 19.5. The smallest absolute Gasteiger partial charge is 0.269 e. The summed E-state index contributed by atoms with van der Waals surface area (Å²) >= 11 is 3.41. The maximum Gasteiger partial charge on any atom is 0.269 e. The molecule has 28 heavy (non-hydrogen) atoms. The Kier molecular flexibility index (Phi) is 5.47. The van der Waals surface area contributed by atoms with Gasteiger partial charge in [-0.15, -0.1) is 0 Å². The van der Waals surface area contributed by atoms with Crippen LogP contribution in [0.15, 0.2) is 46.9 Å². The minimum absolute atomic E-state index is 0.0114. The van der Waals surface area contributed by atoms with Crippen molar-refractivity contribution in [1.29, 1.82) is 0 Å². The second-order valence-corrected chi connectivity index (χ2v) is 7.40. The molecule has 2 aliphatic heterocycles. The molecule has 1 fully saturated rings. The van der Waals surface area contributed by atoms with Crippen molar-refractivity contribution in [2.24, 2.45) is 0 Å². The Morgan fingerprint density at radius 1 is 0.964 bits per heavy atom. The number of nitrogens with one attached hydrogen (secondary N) is 4. The van der Waals surface area contributed by atoms with Gasteiger partial charge in [-0.25, -0.2) is 10.9 Å². The average molecular weight is 447 g/mol. The number of amides is 2. The van der Waals surface area contributed by atoms with Gasteiger partial charge in [0.1, 0.15) is 19.3 Å². The molecule has 0 radical (unpaired) electrons. The molecule has 8 nitrogen and oxygen atoms in total. The Morgan fingerprint density at radius 3 is 2.50 bits per heavy atom. The van der Waals surface area contributed by atoms with E-state index in [-0.39, 0.29) is 11.9 Å². The van der Waals surface area contributed by atoms with E-state index in [0.29, 0.717) is 36.7 Å². The summed E-state index contributed by atoms with van der Waals surface area (Å²) in [4.78, 5) is 24.7.